The van der Waals surface area contributed by atoms with Gasteiger partial charge in [0.25, 0.3) is 0 Å². The van der Waals surface area contributed by atoms with Crippen LogP contribution in [0.3, 0.4) is 0 Å². The lowest BCUT2D eigenvalue weighted by Gasteiger charge is -2.09. The predicted octanol–water partition coefficient (Wildman–Crippen LogP) is 3.45. The third kappa shape index (κ3) is 1.24. The summed E-state index contributed by atoms with van der Waals surface area (Å²) in [6, 6.07) is 17.8. The number of hydrogen-bond donors (Lipinski definition) is 0. The smallest absolute Gasteiger partial charge is 0.0184 e. The molecule has 0 spiro atoms. The molecule has 6 rings (SSSR count). The molecule has 0 saturated heterocycles. The Morgan fingerprint density at radius 2 is 0.857 bits per heavy atom. The Morgan fingerprint density at radius 1 is 0.500 bits per heavy atom. The summed E-state index contributed by atoms with van der Waals surface area (Å²) in [5, 5.41) is 0. The van der Waals surface area contributed by atoms with Crippen molar-refractivity contribution in [3.8, 4) is 11.1 Å². The molecule has 0 fully saturated rings. The molecule has 0 aromatic heterocycles. The first-order valence-corrected chi connectivity index (χ1v) is 5.10. The second kappa shape index (κ2) is 2.98. The quantitative estimate of drug-likeness (QED) is 0.582. The van der Waals surface area contributed by atoms with Crippen LogP contribution >= 0.6 is 0 Å². The molecule has 0 nitrogen and oxygen atoms in total. The van der Waals surface area contributed by atoms with Crippen LogP contribution in [0.5, 0.6) is 0 Å². The molecule has 2 aromatic rings. The fourth-order valence-corrected chi connectivity index (χ4v) is 2.02. The summed E-state index contributed by atoms with van der Waals surface area (Å²) in [4.78, 5) is 0. The Kier molecular flexibility index (Phi) is 1.66. The number of hydrogen-bond acceptors (Lipinski definition) is 0. The van der Waals surface area contributed by atoms with Crippen molar-refractivity contribution in [2.45, 2.75) is 12.8 Å². The van der Waals surface area contributed by atoms with Gasteiger partial charge in [-0.25, -0.2) is 0 Å². The van der Waals surface area contributed by atoms with Gasteiger partial charge in [-0.05, 0) is 35.1 Å². The standard InChI is InChI=1S/C14H12/c1-2-12-5-9-14(10-6-12)13-7-3-11(1)4-8-13/h3-10H,1-2H2. The van der Waals surface area contributed by atoms with Crippen LogP contribution in [0.25, 0.3) is 11.1 Å². The van der Waals surface area contributed by atoms with Gasteiger partial charge in [-0.2, -0.15) is 0 Å². The highest BCUT2D eigenvalue weighted by atomic mass is 14.1. The summed E-state index contributed by atoms with van der Waals surface area (Å²) in [6.07, 6.45) is 2.30. The van der Waals surface area contributed by atoms with Crippen molar-refractivity contribution in [1.82, 2.24) is 0 Å². The maximum absolute atomic E-state index is 2.24. The van der Waals surface area contributed by atoms with Crippen LogP contribution in [0.2, 0.25) is 0 Å². The lowest BCUT2D eigenvalue weighted by molar-refractivity contribution is 0.958. The van der Waals surface area contributed by atoms with Crippen molar-refractivity contribution >= 4 is 0 Å². The van der Waals surface area contributed by atoms with Crippen molar-refractivity contribution in [3.05, 3.63) is 59.7 Å². The average molecular weight is 180 g/mol. The maximum atomic E-state index is 2.24. The van der Waals surface area contributed by atoms with Crippen molar-refractivity contribution in [2.75, 3.05) is 0 Å². The molecule has 0 amide bonds. The third-order valence-electron chi connectivity index (χ3n) is 2.94. The van der Waals surface area contributed by atoms with Crippen LogP contribution in [0.1, 0.15) is 11.1 Å². The first-order valence-electron chi connectivity index (χ1n) is 5.10. The highest BCUT2D eigenvalue weighted by Crippen LogP contribution is 2.23. The minimum Gasteiger partial charge on any atom is -0.0584 e. The molecule has 0 N–H and O–H groups in total. The molecule has 0 unspecified atom stereocenters. The molecule has 4 aliphatic carbocycles. The molecule has 0 saturated carbocycles. The van der Waals surface area contributed by atoms with Crippen molar-refractivity contribution in [2.24, 2.45) is 0 Å². The fraction of sp³-hybridized carbons (Fsp3) is 0.143. The topological polar surface area (TPSA) is 0 Å². The Morgan fingerprint density at radius 3 is 1.21 bits per heavy atom. The van der Waals surface area contributed by atoms with Gasteiger partial charge in [-0.3, -0.25) is 0 Å². The lowest BCUT2D eigenvalue weighted by atomic mass is 9.96. The van der Waals surface area contributed by atoms with Gasteiger partial charge in [0.05, 0.1) is 0 Å². The first kappa shape index (κ1) is 7.81. The molecule has 4 bridgehead atoms. The molecule has 4 aliphatic rings. The normalized spacial score (nSPS) is 13.1. The molecule has 0 aliphatic heterocycles. The fourth-order valence-electron chi connectivity index (χ4n) is 2.02. The van der Waals surface area contributed by atoms with Crippen molar-refractivity contribution in [3.63, 3.8) is 0 Å². The van der Waals surface area contributed by atoms with Gasteiger partial charge in [0, 0.05) is 0 Å². The lowest BCUT2D eigenvalue weighted by Crippen LogP contribution is -1.93. The van der Waals surface area contributed by atoms with E-state index in [0.717, 1.165) is 12.8 Å². The van der Waals surface area contributed by atoms with Gasteiger partial charge in [-0.1, -0.05) is 48.5 Å². The second-order valence-electron chi connectivity index (χ2n) is 3.89. The molecule has 68 valence electrons. The Hall–Kier alpha value is -1.56. The molecule has 0 radical (unpaired) electrons. The van der Waals surface area contributed by atoms with E-state index >= 15 is 0 Å². The van der Waals surface area contributed by atoms with Crippen molar-refractivity contribution in [1.29, 1.82) is 0 Å². The van der Waals surface area contributed by atoms with Gasteiger partial charge in [0.15, 0.2) is 0 Å². The van der Waals surface area contributed by atoms with Gasteiger partial charge in [0.1, 0.15) is 0 Å². The molecular formula is C14H12. The zero-order valence-corrected chi connectivity index (χ0v) is 8.03. The van der Waals surface area contributed by atoms with E-state index in [1.54, 1.807) is 0 Å². The van der Waals surface area contributed by atoms with Gasteiger partial charge >= 0.3 is 0 Å². The van der Waals surface area contributed by atoms with E-state index in [4.69, 9.17) is 0 Å². The largest absolute Gasteiger partial charge is 0.0584 e. The monoisotopic (exact) mass is 180 g/mol. The molecule has 14 heavy (non-hydrogen) atoms. The molecule has 0 heteroatoms. The SMILES string of the molecule is c1cc2ccc1CCc1ccc-2cc1. The first-order chi connectivity index (χ1) is 6.92. The van der Waals surface area contributed by atoms with E-state index < -0.39 is 0 Å². The van der Waals surface area contributed by atoms with Crippen LogP contribution in [0, 0.1) is 0 Å². The van der Waals surface area contributed by atoms with E-state index in [9.17, 15) is 0 Å². The summed E-state index contributed by atoms with van der Waals surface area (Å²) in [5.41, 5.74) is 5.52. The Labute approximate surface area is 84.2 Å². The summed E-state index contributed by atoms with van der Waals surface area (Å²) >= 11 is 0. The highest BCUT2D eigenvalue weighted by Gasteiger charge is 2.02. The van der Waals surface area contributed by atoms with Crippen LogP contribution in [0.4, 0.5) is 0 Å². The molecule has 2 aromatic carbocycles. The summed E-state index contributed by atoms with van der Waals surface area (Å²) in [6.45, 7) is 0. The zero-order valence-electron chi connectivity index (χ0n) is 8.03. The Bertz CT molecular complexity index is 389. The molecule has 0 heterocycles. The van der Waals surface area contributed by atoms with E-state index in [0.29, 0.717) is 0 Å². The Balaban J connectivity index is 2.26. The van der Waals surface area contributed by atoms with E-state index in [1.165, 1.54) is 22.3 Å². The van der Waals surface area contributed by atoms with Crippen LogP contribution in [-0.2, 0) is 12.8 Å². The van der Waals surface area contributed by atoms with Gasteiger partial charge in [0.2, 0.25) is 0 Å². The van der Waals surface area contributed by atoms with Gasteiger partial charge in [-0.15, -0.1) is 0 Å². The summed E-state index contributed by atoms with van der Waals surface area (Å²) in [5.74, 6) is 0. The zero-order chi connectivity index (χ0) is 9.38. The van der Waals surface area contributed by atoms with E-state index in [1.807, 2.05) is 0 Å². The van der Waals surface area contributed by atoms with Crippen LogP contribution in [0.15, 0.2) is 48.5 Å². The summed E-state index contributed by atoms with van der Waals surface area (Å²) in [7, 11) is 0. The summed E-state index contributed by atoms with van der Waals surface area (Å²) < 4.78 is 0. The second-order valence-corrected chi connectivity index (χ2v) is 3.89. The predicted molar refractivity (Wildman–Crippen MR) is 59.3 cm³/mol. The minimum atomic E-state index is 1.15. The van der Waals surface area contributed by atoms with Crippen LogP contribution < -0.4 is 0 Å². The number of aryl methyl sites for hydroxylation is 2. The number of benzene rings is 2. The minimum absolute atomic E-state index is 1.15. The average Bonchev–Trinajstić information content (AvgIpc) is 2.30. The highest BCUT2D eigenvalue weighted by molar-refractivity contribution is 5.64. The van der Waals surface area contributed by atoms with Crippen molar-refractivity contribution < 1.29 is 0 Å². The maximum Gasteiger partial charge on any atom is -0.0184 e. The molecular weight excluding hydrogens is 168 g/mol. The van der Waals surface area contributed by atoms with E-state index in [-0.39, 0.29) is 0 Å². The number of rotatable bonds is 0. The van der Waals surface area contributed by atoms with Crippen LogP contribution in [-0.4, -0.2) is 0 Å². The van der Waals surface area contributed by atoms with E-state index in [2.05, 4.69) is 48.5 Å². The molecule has 0 atom stereocenters. The van der Waals surface area contributed by atoms with Gasteiger partial charge < -0.3 is 0 Å². The third-order valence-corrected chi connectivity index (χ3v) is 2.94.